The minimum absolute atomic E-state index is 0.795. The Bertz CT molecular complexity index is 761. The number of aliphatic hydroxyl groups excluding tert-OH is 5. The van der Waals surface area contributed by atoms with Crippen molar-refractivity contribution >= 4 is 22.3 Å². The van der Waals surface area contributed by atoms with E-state index in [0.29, 0.717) is 0 Å². The Hall–Kier alpha value is -1.51. The first-order chi connectivity index (χ1) is 14.3. The summed E-state index contributed by atoms with van der Waals surface area (Å²) in [6.07, 6.45) is -18.0. The van der Waals surface area contributed by atoms with E-state index in [-0.39, 0.29) is 0 Å². The predicted octanol–water partition coefficient (Wildman–Crippen LogP) is -5.68. The number of carboxylic acid groups (broad SMARTS) is 1. The van der Waals surface area contributed by atoms with Crippen LogP contribution in [-0.4, -0.2) is 123 Å². The molecule has 7 N–H and O–H groups in total. The zero-order valence-electron chi connectivity index (χ0n) is 15.7. The van der Waals surface area contributed by atoms with Crippen LogP contribution in [0.5, 0.6) is 0 Å². The smallest absolute Gasteiger partial charge is 0.335 e. The van der Waals surface area contributed by atoms with Gasteiger partial charge in [-0.3, -0.25) is 8.98 Å². The number of aliphatic hydroxyl groups is 5. The maximum Gasteiger partial charge on any atom is 0.335 e. The first-order valence-electron chi connectivity index (χ1n) is 8.70. The Morgan fingerprint density at radius 3 is 2.16 bits per heavy atom. The molecule has 2 aliphatic rings. The largest absolute Gasteiger partial charge is 0.726 e. The normalized spacial score (nSPS) is 41.5. The Balaban J connectivity index is 2.42. The molecule has 10 atom stereocenters. The lowest BCUT2D eigenvalue weighted by Gasteiger charge is -2.47. The van der Waals surface area contributed by atoms with Gasteiger partial charge in [0, 0.05) is 6.92 Å². The fraction of sp³-hybridized carbons (Fsp3) is 0.857. The zero-order chi connectivity index (χ0) is 23.7. The van der Waals surface area contributed by atoms with Crippen LogP contribution >= 0.6 is 0 Å². The van der Waals surface area contributed by atoms with Crippen molar-refractivity contribution in [1.29, 1.82) is 0 Å². The maximum atomic E-state index is 11.5. The van der Waals surface area contributed by atoms with E-state index in [1.165, 1.54) is 0 Å². The van der Waals surface area contributed by atoms with Crippen LogP contribution in [0.25, 0.3) is 0 Å². The Kier molecular flexibility index (Phi) is 8.27. The number of amides is 1. The molecule has 10 unspecified atom stereocenters. The van der Waals surface area contributed by atoms with Gasteiger partial charge >= 0.3 is 5.97 Å². The summed E-state index contributed by atoms with van der Waals surface area (Å²) in [4.78, 5) is 22.7. The molecule has 2 fully saturated rings. The molecule has 2 heterocycles. The third kappa shape index (κ3) is 6.05. The van der Waals surface area contributed by atoms with Gasteiger partial charge in [0.25, 0.3) is 0 Å². The molecule has 2 aliphatic heterocycles. The van der Waals surface area contributed by atoms with E-state index in [1.54, 1.807) is 0 Å². The summed E-state index contributed by atoms with van der Waals surface area (Å²) in [5.41, 5.74) is 0. The van der Waals surface area contributed by atoms with Gasteiger partial charge < -0.3 is 54.7 Å². The molecule has 2 saturated heterocycles. The second-order valence-corrected chi connectivity index (χ2v) is 7.79. The molecule has 17 heteroatoms. The van der Waals surface area contributed by atoms with Crippen LogP contribution < -0.4 is 5.32 Å². The Morgan fingerprint density at radius 1 is 1.06 bits per heavy atom. The van der Waals surface area contributed by atoms with E-state index in [0.717, 1.165) is 6.92 Å². The number of hydrogen-bond donors (Lipinski definition) is 7. The number of hydrogen-bond acceptors (Lipinski definition) is 14. The van der Waals surface area contributed by atoms with E-state index in [9.17, 15) is 48.1 Å². The van der Waals surface area contributed by atoms with Gasteiger partial charge in [-0.15, -0.1) is 0 Å². The van der Waals surface area contributed by atoms with Crippen molar-refractivity contribution in [2.75, 3.05) is 6.61 Å². The fourth-order valence-corrected chi connectivity index (χ4v) is 3.69. The second kappa shape index (κ2) is 9.96. The highest BCUT2D eigenvalue weighted by Gasteiger charge is 2.53. The number of nitrogens with one attached hydrogen (secondary N) is 1. The molecule has 0 aromatic heterocycles. The first-order valence-corrected chi connectivity index (χ1v) is 10.0. The van der Waals surface area contributed by atoms with Gasteiger partial charge in [-0.2, -0.15) is 0 Å². The average Bonchev–Trinajstić information content (AvgIpc) is 2.64. The topological polar surface area (TPSA) is 262 Å². The zero-order valence-corrected chi connectivity index (χ0v) is 16.6. The Morgan fingerprint density at radius 2 is 1.68 bits per heavy atom. The average molecular weight is 476 g/mol. The van der Waals surface area contributed by atoms with Crippen LogP contribution in [0.3, 0.4) is 0 Å². The standard InChI is InChI=1S/C14H23NO15S/c1-3(17)15-5-10(9(30-31(24,25)26)4(2-16)27-13(5)23)28-14-8(20)6(18)7(19)11(29-14)12(21)22/h4-11,13-14,16,18-20,23H,2H2,1H3,(H,15,17)(H,21,22)(H,24,25,26)/p-1. The van der Waals surface area contributed by atoms with Crippen LogP contribution in [-0.2, 0) is 38.4 Å². The van der Waals surface area contributed by atoms with Gasteiger partial charge in [0.15, 0.2) is 18.7 Å². The highest BCUT2D eigenvalue weighted by molar-refractivity contribution is 7.80. The highest BCUT2D eigenvalue weighted by Crippen LogP contribution is 2.30. The molecule has 0 bridgehead atoms. The van der Waals surface area contributed by atoms with E-state index >= 15 is 0 Å². The number of rotatable bonds is 7. The molecule has 1 amide bonds. The number of carbonyl (C=O) groups excluding carboxylic acids is 1. The monoisotopic (exact) mass is 476 g/mol. The molecule has 0 aromatic carbocycles. The van der Waals surface area contributed by atoms with Crippen LogP contribution in [0, 0.1) is 0 Å². The fourth-order valence-electron chi connectivity index (χ4n) is 3.19. The molecule has 2 rings (SSSR count). The number of aliphatic carboxylic acids is 1. The van der Waals surface area contributed by atoms with Crippen LogP contribution in [0.15, 0.2) is 0 Å². The van der Waals surface area contributed by atoms with Gasteiger partial charge in [-0.05, 0) is 0 Å². The van der Waals surface area contributed by atoms with Crippen molar-refractivity contribution in [3.05, 3.63) is 0 Å². The molecule has 16 nitrogen and oxygen atoms in total. The number of ether oxygens (including phenoxy) is 3. The summed E-state index contributed by atoms with van der Waals surface area (Å²) in [6, 6.07) is -1.67. The molecule has 0 saturated carbocycles. The summed E-state index contributed by atoms with van der Waals surface area (Å²) in [7, 11) is -5.47. The summed E-state index contributed by atoms with van der Waals surface area (Å²) < 4.78 is 53.0. The van der Waals surface area contributed by atoms with Crippen molar-refractivity contribution in [1.82, 2.24) is 5.32 Å². The van der Waals surface area contributed by atoms with Gasteiger partial charge in [0.05, 0.1) is 6.61 Å². The highest BCUT2D eigenvalue weighted by atomic mass is 32.3. The molecule has 0 spiro atoms. The SMILES string of the molecule is CC(=O)NC1C(O)OC(CO)C(OS(=O)(=O)[O-])C1OC1OC(C(=O)O)C(O)C(O)C1O. The predicted molar refractivity (Wildman–Crippen MR) is 89.3 cm³/mol. The van der Waals surface area contributed by atoms with E-state index in [4.69, 9.17) is 19.3 Å². The lowest BCUT2D eigenvalue weighted by Crippen LogP contribution is -2.68. The summed E-state index contributed by atoms with van der Waals surface area (Å²) in [6.45, 7) is -0.00823. The molecular weight excluding hydrogens is 454 g/mol. The van der Waals surface area contributed by atoms with E-state index in [1.807, 2.05) is 0 Å². The van der Waals surface area contributed by atoms with Crippen molar-refractivity contribution < 1.29 is 71.6 Å². The second-order valence-electron chi connectivity index (χ2n) is 6.78. The van der Waals surface area contributed by atoms with Crippen LogP contribution in [0.1, 0.15) is 6.92 Å². The minimum atomic E-state index is -5.47. The summed E-state index contributed by atoms with van der Waals surface area (Å²) in [5.74, 6) is -2.54. The van der Waals surface area contributed by atoms with Gasteiger partial charge in [-0.1, -0.05) is 0 Å². The van der Waals surface area contributed by atoms with Crippen molar-refractivity contribution in [2.24, 2.45) is 0 Å². The molecular formula is C14H22NO15S-. The lowest BCUT2D eigenvalue weighted by molar-refractivity contribution is -0.334. The van der Waals surface area contributed by atoms with Crippen LogP contribution in [0.4, 0.5) is 0 Å². The minimum Gasteiger partial charge on any atom is -0.726 e. The summed E-state index contributed by atoms with van der Waals surface area (Å²) >= 11 is 0. The first kappa shape index (κ1) is 25.7. The lowest BCUT2D eigenvalue weighted by atomic mass is 9.95. The van der Waals surface area contributed by atoms with Crippen molar-refractivity contribution in [3.63, 3.8) is 0 Å². The van der Waals surface area contributed by atoms with Gasteiger partial charge in [0.2, 0.25) is 16.3 Å². The quantitative estimate of drug-likeness (QED) is 0.133. The number of carbonyl (C=O) groups is 2. The molecule has 0 aliphatic carbocycles. The molecule has 31 heavy (non-hydrogen) atoms. The van der Waals surface area contributed by atoms with E-state index in [2.05, 4.69) is 9.50 Å². The van der Waals surface area contributed by atoms with Gasteiger partial charge in [-0.25, -0.2) is 13.2 Å². The summed E-state index contributed by atoms with van der Waals surface area (Å²) in [5, 5.41) is 60.5. The van der Waals surface area contributed by atoms with Crippen LogP contribution in [0.2, 0.25) is 0 Å². The maximum absolute atomic E-state index is 11.5. The molecule has 0 aromatic rings. The molecule has 0 radical (unpaired) electrons. The van der Waals surface area contributed by atoms with Crippen molar-refractivity contribution in [3.8, 4) is 0 Å². The Labute approximate surface area is 174 Å². The molecule has 180 valence electrons. The third-order valence-corrected chi connectivity index (χ3v) is 5.01. The number of carboxylic acids is 1. The van der Waals surface area contributed by atoms with Crippen molar-refractivity contribution in [2.45, 2.75) is 68.3 Å². The van der Waals surface area contributed by atoms with Gasteiger partial charge in [0.1, 0.15) is 42.7 Å². The van der Waals surface area contributed by atoms with E-state index < -0.39 is 90.2 Å². The third-order valence-electron chi connectivity index (χ3n) is 4.55.